The van der Waals surface area contributed by atoms with Crippen molar-refractivity contribution < 1.29 is 50.1 Å². The van der Waals surface area contributed by atoms with E-state index in [1.165, 1.54) is 32.1 Å². The number of carbonyl (C=O) groups is 2. The lowest BCUT2D eigenvalue weighted by molar-refractivity contribution is 0.0430. The SMILES string of the molecule is COc1ccc(CN(Cc2ccc(OC)cc2)S(=O)(=O)c2c(S(=O)(=O)Cl)ccc(-c3cccc4sc(N(C(=O)OC(C)(C)C)C(=O)OC(C)(C)C)nc34)c2-c2nnnn2Cc2ccc(OC)cc2)cc1. The maximum atomic E-state index is 16.0. The number of methoxy groups -OCH3 is 3. The second kappa shape index (κ2) is 20.4. The molecule has 0 saturated heterocycles. The van der Waals surface area contributed by atoms with E-state index in [2.05, 4.69) is 15.5 Å². The second-order valence-corrected chi connectivity index (χ2v) is 23.1. The first-order valence-corrected chi connectivity index (χ1v) is 26.0. The minimum Gasteiger partial charge on any atom is -0.497 e. The Balaban J connectivity index is 1.53. The zero-order valence-electron chi connectivity index (χ0n) is 39.7. The van der Waals surface area contributed by atoms with Crippen LogP contribution in [0.5, 0.6) is 17.2 Å². The van der Waals surface area contributed by atoms with Gasteiger partial charge in [-0.15, -0.1) is 5.10 Å². The predicted octanol–water partition coefficient (Wildman–Crippen LogP) is 9.69. The van der Waals surface area contributed by atoms with Crippen LogP contribution < -0.4 is 19.1 Å². The Morgan fingerprint density at radius 3 is 1.64 bits per heavy atom. The van der Waals surface area contributed by atoms with E-state index in [9.17, 15) is 18.0 Å². The van der Waals surface area contributed by atoms with Gasteiger partial charge in [-0.25, -0.2) is 36.1 Å². The van der Waals surface area contributed by atoms with Crippen molar-refractivity contribution in [3.63, 3.8) is 0 Å². The molecular formula is C48H50ClN7O11S3. The van der Waals surface area contributed by atoms with E-state index in [-0.39, 0.29) is 52.8 Å². The van der Waals surface area contributed by atoms with Crippen molar-refractivity contribution >= 4 is 68.6 Å². The first-order valence-electron chi connectivity index (χ1n) is 21.4. The fourth-order valence-corrected chi connectivity index (χ4v) is 11.5. The lowest BCUT2D eigenvalue weighted by Crippen LogP contribution is -2.43. The molecule has 0 aliphatic carbocycles. The Morgan fingerprint density at radius 1 is 0.671 bits per heavy atom. The van der Waals surface area contributed by atoms with Gasteiger partial charge in [-0.1, -0.05) is 65.9 Å². The highest BCUT2D eigenvalue weighted by atomic mass is 35.7. The highest BCUT2D eigenvalue weighted by Gasteiger charge is 2.39. The molecule has 7 aromatic rings. The summed E-state index contributed by atoms with van der Waals surface area (Å²) in [7, 11) is 0.902. The van der Waals surface area contributed by atoms with Gasteiger partial charge in [-0.2, -0.15) is 9.21 Å². The molecule has 5 aromatic carbocycles. The number of thiazole rings is 1. The number of rotatable bonds is 15. The Kier molecular flexibility index (Phi) is 14.9. The van der Waals surface area contributed by atoms with Crippen molar-refractivity contribution in [2.24, 2.45) is 0 Å². The Morgan fingerprint density at radius 2 is 1.17 bits per heavy atom. The number of halogens is 1. The summed E-state index contributed by atoms with van der Waals surface area (Å²) in [6.45, 7) is 9.33. The molecule has 18 nitrogen and oxygen atoms in total. The van der Waals surface area contributed by atoms with Gasteiger partial charge < -0.3 is 23.7 Å². The largest absolute Gasteiger partial charge is 0.497 e. The van der Waals surface area contributed by atoms with Crippen LogP contribution in [-0.2, 0) is 48.2 Å². The summed E-state index contributed by atoms with van der Waals surface area (Å²) in [6, 6.07) is 28.0. The van der Waals surface area contributed by atoms with Crippen LogP contribution >= 0.6 is 22.0 Å². The van der Waals surface area contributed by atoms with Gasteiger partial charge in [0.05, 0.1) is 43.7 Å². The quantitative estimate of drug-likeness (QED) is 0.0875. The van der Waals surface area contributed by atoms with E-state index in [0.29, 0.717) is 43.5 Å². The van der Waals surface area contributed by atoms with E-state index in [1.807, 2.05) is 0 Å². The molecule has 0 bridgehead atoms. The first-order chi connectivity index (χ1) is 33.0. The maximum absolute atomic E-state index is 16.0. The lowest BCUT2D eigenvalue weighted by atomic mass is 9.98. The number of carbonyl (C=O) groups excluding carboxylic acids is 2. The standard InChI is InChI=1S/C48H50ClN7O11S3/c1-47(2,3)66-45(57)56(46(58)67-48(4,5)6)44-50-41-37(11-10-12-38(41)68-44)36-25-26-39(69(49,59)60)42(40(36)43-51-52-53-55(43)29-32-17-23-35(65-9)24-18-32)70(61,62)54(27-30-13-19-33(63-7)20-14-30)28-31-15-21-34(64-8)22-16-31/h10-26H,27-29H2,1-9H3. The van der Waals surface area contributed by atoms with Crippen molar-refractivity contribution in [3.05, 3.63) is 120 Å². The summed E-state index contributed by atoms with van der Waals surface area (Å²) in [5.41, 5.74) is -0.00157. The van der Waals surface area contributed by atoms with Crippen LogP contribution in [-0.4, -0.2) is 91.1 Å². The molecule has 0 N–H and O–H groups in total. The van der Waals surface area contributed by atoms with Gasteiger partial charge in [0.1, 0.15) is 38.2 Å². The number of sulfonamides is 1. The molecule has 2 amide bonds. The number of benzene rings is 5. The number of aromatic nitrogens is 5. The molecule has 0 aliphatic heterocycles. The van der Waals surface area contributed by atoms with Gasteiger partial charge in [0.25, 0.3) is 9.05 Å². The number of fused-ring (bicyclic) bond motifs is 1. The molecule has 0 atom stereocenters. The smallest absolute Gasteiger partial charge is 0.426 e. The van der Waals surface area contributed by atoms with Crippen molar-refractivity contribution in [1.29, 1.82) is 0 Å². The molecule has 0 aliphatic rings. The van der Waals surface area contributed by atoms with Gasteiger partial charge in [0.15, 0.2) is 5.82 Å². The Hall–Kier alpha value is -6.65. The van der Waals surface area contributed by atoms with Crippen molar-refractivity contribution in [3.8, 4) is 39.8 Å². The summed E-state index contributed by atoms with van der Waals surface area (Å²) in [5, 5.41) is 12.5. The molecule has 22 heteroatoms. The van der Waals surface area contributed by atoms with Gasteiger partial charge in [0, 0.05) is 29.3 Å². The number of nitrogens with zero attached hydrogens (tertiary/aromatic N) is 7. The van der Waals surface area contributed by atoms with E-state index >= 15 is 8.42 Å². The van der Waals surface area contributed by atoms with Crippen molar-refractivity contribution in [2.75, 3.05) is 26.2 Å². The molecule has 0 fully saturated rings. The van der Waals surface area contributed by atoms with Crippen LogP contribution in [0, 0.1) is 0 Å². The number of anilines is 1. The number of para-hydroxylation sites is 1. The van der Waals surface area contributed by atoms with Crippen LogP contribution in [0.3, 0.4) is 0 Å². The molecule has 368 valence electrons. The van der Waals surface area contributed by atoms with E-state index < -0.39 is 52.3 Å². The summed E-state index contributed by atoms with van der Waals surface area (Å²) >= 11 is 0.960. The molecule has 70 heavy (non-hydrogen) atoms. The van der Waals surface area contributed by atoms with Gasteiger partial charge in [-0.05, 0) is 123 Å². The minimum absolute atomic E-state index is 0.0176. The molecule has 0 unspecified atom stereocenters. The number of hydrogen-bond acceptors (Lipinski definition) is 16. The summed E-state index contributed by atoms with van der Waals surface area (Å²) in [6.07, 6.45) is -2.11. The Bertz CT molecular complexity index is 3180. The molecule has 2 heterocycles. The molecule has 0 saturated carbocycles. The third-order valence-corrected chi connectivity index (χ3v) is 14.7. The van der Waals surface area contributed by atoms with Crippen LogP contribution in [0.15, 0.2) is 113 Å². The average Bonchev–Trinajstić information content (AvgIpc) is 3.94. The number of ether oxygens (including phenoxy) is 5. The normalized spacial score (nSPS) is 12.2. The summed E-state index contributed by atoms with van der Waals surface area (Å²) < 4.78 is 90.0. The maximum Gasteiger partial charge on any atom is 0.426 e. The number of amides is 2. The average molecular weight is 1030 g/mol. The topological polar surface area (TPSA) is 212 Å². The number of tetrazole rings is 1. The minimum atomic E-state index is -5.01. The summed E-state index contributed by atoms with van der Waals surface area (Å²) in [5.74, 6) is 1.49. The summed E-state index contributed by atoms with van der Waals surface area (Å²) in [4.78, 5) is 31.6. The van der Waals surface area contributed by atoms with Crippen LogP contribution in [0.4, 0.5) is 14.7 Å². The molecule has 7 rings (SSSR count). The van der Waals surface area contributed by atoms with Crippen molar-refractivity contribution in [2.45, 2.75) is 82.2 Å². The third kappa shape index (κ3) is 11.7. The predicted molar refractivity (Wildman–Crippen MR) is 264 cm³/mol. The molecule has 2 aromatic heterocycles. The zero-order chi connectivity index (χ0) is 50.8. The highest BCUT2D eigenvalue weighted by Crippen LogP contribution is 2.45. The molecule has 0 radical (unpaired) electrons. The number of imide groups is 1. The van der Waals surface area contributed by atoms with Crippen LogP contribution in [0.2, 0.25) is 0 Å². The fourth-order valence-electron chi connectivity index (χ4n) is 7.17. The van der Waals surface area contributed by atoms with E-state index in [0.717, 1.165) is 21.7 Å². The van der Waals surface area contributed by atoms with Crippen LogP contribution in [0.25, 0.3) is 32.7 Å². The zero-order valence-corrected chi connectivity index (χ0v) is 42.9. The van der Waals surface area contributed by atoms with Gasteiger partial charge >= 0.3 is 12.2 Å². The van der Waals surface area contributed by atoms with E-state index in [1.54, 1.807) is 133 Å². The Labute approximate surface area is 414 Å². The highest BCUT2D eigenvalue weighted by molar-refractivity contribution is 8.14. The monoisotopic (exact) mass is 1030 g/mol. The van der Waals surface area contributed by atoms with Gasteiger partial charge in [0.2, 0.25) is 15.2 Å². The van der Waals surface area contributed by atoms with Crippen LogP contribution in [0.1, 0.15) is 58.2 Å². The van der Waals surface area contributed by atoms with E-state index in [4.69, 9.17) is 39.4 Å². The first kappa shape index (κ1) is 51.2. The lowest BCUT2D eigenvalue weighted by Gasteiger charge is -2.27. The fraction of sp³-hybridized carbons (Fsp3) is 0.292. The molecule has 0 spiro atoms. The third-order valence-electron chi connectivity index (χ3n) is 10.3. The van der Waals surface area contributed by atoms with Gasteiger partial charge in [-0.3, -0.25) is 0 Å². The number of hydrogen-bond donors (Lipinski definition) is 0. The second-order valence-electron chi connectivity index (χ2n) is 17.7. The van der Waals surface area contributed by atoms with Crippen molar-refractivity contribution in [1.82, 2.24) is 29.5 Å². The molecular weight excluding hydrogens is 982 g/mol.